The van der Waals surface area contributed by atoms with E-state index in [0.717, 1.165) is 0 Å². The smallest absolute Gasteiger partial charge is 0.263 e. The van der Waals surface area contributed by atoms with Gasteiger partial charge in [-0.3, -0.25) is 9.71 Å². The Balaban J connectivity index is 2.17. The molecule has 1 N–H and O–H groups in total. The number of ether oxygens (including phenoxy) is 1. The Kier molecular flexibility index (Phi) is 4.01. The molecule has 6 heteroatoms. The average Bonchev–Trinajstić information content (AvgIpc) is 2.42. The van der Waals surface area contributed by atoms with E-state index in [-0.39, 0.29) is 4.90 Å². The van der Waals surface area contributed by atoms with Crippen LogP contribution in [0.1, 0.15) is 6.92 Å². The Hall–Kier alpha value is -2.08. The predicted molar refractivity (Wildman–Crippen MR) is 72.7 cm³/mol. The first-order valence-corrected chi connectivity index (χ1v) is 7.26. The zero-order chi connectivity index (χ0) is 13.7. The molecule has 0 amide bonds. The predicted octanol–water partition coefficient (Wildman–Crippen LogP) is 2.28. The number of rotatable bonds is 5. The van der Waals surface area contributed by atoms with Crippen LogP contribution in [0.25, 0.3) is 0 Å². The Morgan fingerprint density at radius 3 is 2.53 bits per heavy atom. The summed E-state index contributed by atoms with van der Waals surface area (Å²) in [6.07, 6.45) is 2.83. The van der Waals surface area contributed by atoms with Crippen LogP contribution in [0.4, 0.5) is 5.69 Å². The molecule has 0 unspecified atom stereocenters. The zero-order valence-electron chi connectivity index (χ0n) is 10.4. The van der Waals surface area contributed by atoms with Gasteiger partial charge in [-0.15, -0.1) is 0 Å². The Bertz CT molecular complexity index is 625. The van der Waals surface area contributed by atoms with Crippen LogP contribution in [0.2, 0.25) is 0 Å². The van der Waals surface area contributed by atoms with Crippen LogP contribution in [-0.2, 0) is 10.0 Å². The molecule has 0 saturated heterocycles. The van der Waals surface area contributed by atoms with Gasteiger partial charge in [-0.05, 0) is 43.3 Å². The number of hydrogen-bond donors (Lipinski definition) is 1. The van der Waals surface area contributed by atoms with E-state index >= 15 is 0 Å². The van der Waals surface area contributed by atoms with Crippen LogP contribution in [-0.4, -0.2) is 20.0 Å². The lowest BCUT2D eigenvalue weighted by Crippen LogP contribution is -2.12. The molecule has 2 rings (SSSR count). The molecule has 5 nitrogen and oxygen atoms in total. The molecule has 0 aliphatic carbocycles. The molecule has 0 aliphatic rings. The van der Waals surface area contributed by atoms with E-state index in [1.54, 1.807) is 30.3 Å². The van der Waals surface area contributed by atoms with Crippen LogP contribution in [0, 0.1) is 0 Å². The van der Waals surface area contributed by atoms with E-state index < -0.39 is 10.0 Å². The van der Waals surface area contributed by atoms with Gasteiger partial charge in [0, 0.05) is 18.1 Å². The number of hydrogen-bond acceptors (Lipinski definition) is 4. The normalized spacial score (nSPS) is 11.0. The van der Waals surface area contributed by atoms with Crippen molar-refractivity contribution in [3.8, 4) is 5.75 Å². The molecule has 0 fully saturated rings. The largest absolute Gasteiger partial charge is 0.494 e. The maximum atomic E-state index is 12.0. The number of anilines is 1. The van der Waals surface area contributed by atoms with E-state index in [1.165, 1.54) is 18.5 Å². The van der Waals surface area contributed by atoms with Crippen molar-refractivity contribution in [1.82, 2.24) is 4.98 Å². The third-order valence-electron chi connectivity index (χ3n) is 2.36. The molecule has 0 spiro atoms. The van der Waals surface area contributed by atoms with Gasteiger partial charge in [0.15, 0.2) is 0 Å². The fourth-order valence-electron chi connectivity index (χ4n) is 1.51. The number of nitrogens with zero attached hydrogens (tertiary/aromatic N) is 1. The number of pyridine rings is 1. The van der Waals surface area contributed by atoms with Crippen molar-refractivity contribution in [1.29, 1.82) is 0 Å². The third-order valence-corrected chi connectivity index (χ3v) is 3.73. The molecule has 1 aromatic heterocycles. The fourth-order valence-corrected chi connectivity index (χ4v) is 2.53. The molecule has 0 bridgehead atoms. The third kappa shape index (κ3) is 3.45. The number of sulfonamides is 1. The highest BCUT2D eigenvalue weighted by atomic mass is 32.2. The molecule has 0 aliphatic heterocycles. The Labute approximate surface area is 112 Å². The van der Waals surface area contributed by atoms with E-state index in [4.69, 9.17) is 4.74 Å². The van der Waals surface area contributed by atoms with Crippen LogP contribution in [0.5, 0.6) is 5.75 Å². The van der Waals surface area contributed by atoms with Crippen LogP contribution in [0.3, 0.4) is 0 Å². The highest BCUT2D eigenvalue weighted by Crippen LogP contribution is 2.18. The standard InChI is InChI=1S/C13H14N2O3S/c1-2-18-12-7-5-11(6-8-12)15-19(16,17)13-4-3-9-14-10-13/h3-10,15H,2H2,1H3. The maximum Gasteiger partial charge on any atom is 0.263 e. The van der Waals surface area contributed by atoms with Gasteiger partial charge in [-0.2, -0.15) is 0 Å². The molecule has 0 atom stereocenters. The van der Waals surface area contributed by atoms with Crippen molar-refractivity contribution >= 4 is 15.7 Å². The first-order chi connectivity index (χ1) is 9.12. The topological polar surface area (TPSA) is 68.3 Å². The lowest BCUT2D eigenvalue weighted by Gasteiger charge is -2.08. The van der Waals surface area contributed by atoms with Crippen molar-refractivity contribution in [2.24, 2.45) is 0 Å². The molecule has 1 heterocycles. The summed E-state index contributed by atoms with van der Waals surface area (Å²) in [6.45, 7) is 2.46. The van der Waals surface area contributed by atoms with Gasteiger partial charge in [0.1, 0.15) is 10.6 Å². The summed E-state index contributed by atoms with van der Waals surface area (Å²) in [5.41, 5.74) is 0.479. The minimum Gasteiger partial charge on any atom is -0.494 e. The summed E-state index contributed by atoms with van der Waals surface area (Å²) < 4.78 is 31.8. The summed E-state index contributed by atoms with van der Waals surface area (Å²) in [6, 6.07) is 9.80. The quantitative estimate of drug-likeness (QED) is 0.911. The van der Waals surface area contributed by atoms with E-state index in [9.17, 15) is 8.42 Å². The lowest BCUT2D eigenvalue weighted by atomic mass is 10.3. The first kappa shape index (κ1) is 13.4. The summed E-state index contributed by atoms with van der Waals surface area (Å²) >= 11 is 0. The summed E-state index contributed by atoms with van der Waals surface area (Å²) in [4.78, 5) is 3.92. The van der Waals surface area contributed by atoms with Gasteiger partial charge >= 0.3 is 0 Å². The van der Waals surface area contributed by atoms with Crippen molar-refractivity contribution in [3.05, 3.63) is 48.8 Å². The highest BCUT2D eigenvalue weighted by molar-refractivity contribution is 7.92. The van der Waals surface area contributed by atoms with Crippen LogP contribution in [0.15, 0.2) is 53.7 Å². The van der Waals surface area contributed by atoms with Gasteiger partial charge < -0.3 is 4.74 Å². The molecule has 1 aromatic carbocycles. The number of benzene rings is 1. The fraction of sp³-hybridized carbons (Fsp3) is 0.154. The second kappa shape index (κ2) is 5.71. The van der Waals surface area contributed by atoms with Gasteiger partial charge in [0.05, 0.1) is 6.61 Å². The molecule has 100 valence electrons. The van der Waals surface area contributed by atoms with E-state index in [2.05, 4.69) is 9.71 Å². The highest BCUT2D eigenvalue weighted by Gasteiger charge is 2.13. The molecule has 0 radical (unpaired) electrons. The van der Waals surface area contributed by atoms with Crippen LogP contribution < -0.4 is 9.46 Å². The molecular weight excluding hydrogens is 264 g/mol. The average molecular weight is 278 g/mol. The summed E-state index contributed by atoms with van der Waals surface area (Å²) in [7, 11) is -3.59. The second-order valence-electron chi connectivity index (χ2n) is 3.75. The van der Waals surface area contributed by atoms with Gasteiger partial charge in [0.2, 0.25) is 0 Å². The summed E-state index contributed by atoms with van der Waals surface area (Å²) in [5, 5.41) is 0. The van der Waals surface area contributed by atoms with Crippen molar-refractivity contribution < 1.29 is 13.2 Å². The van der Waals surface area contributed by atoms with E-state index in [0.29, 0.717) is 18.0 Å². The molecule has 0 saturated carbocycles. The maximum absolute atomic E-state index is 12.0. The monoisotopic (exact) mass is 278 g/mol. The van der Waals surface area contributed by atoms with Crippen molar-refractivity contribution in [2.75, 3.05) is 11.3 Å². The molecule has 2 aromatic rings. The van der Waals surface area contributed by atoms with Gasteiger partial charge in [-0.1, -0.05) is 0 Å². The van der Waals surface area contributed by atoms with Gasteiger partial charge in [-0.25, -0.2) is 8.42 Å². The summed E-state index contributed by atoms with van der Waals surface area (Å²) in [5.74, 6) is 0.701. The SMILES string of the molecule is CCOc1ccc(NS(=O)(=O)c2cccnc2)cc1. The number of aromatic nitrogens is 1. The number of nitrogens with one attached hydrogen (secondary N) is 1. The lowest BCUT2D eigenvalue weighted by molar-refractivity contribution is 0.340. The second-order valence-corrected chi connectivity index (χ2v) is 5.43. The van der Waals surface area contributed by atoms with Crippen molar-refractivity contribution in [2.45, 2.75) is 11.8 Å². The molecular formula is C13H14N2O3S. The van der Waals surface area contributed by atoms with Gasteiger partial charge in [0.25, 0.3) is 10.0 Å². The molecule has 19 heavy (non-hydrogen) atoms. The minimum atomic E-state index is -3.59. The minimum absolute atomic E-state index is 0.129. The Morgan fingerprint density at radius 2 is 1.95 bits per heavy atom. The zero-order valence-corrected chi connectivity index (χ0v) is 11.2. The van der Waals surface area contributed by atoms with Crippen LogP contribution >= 0.6 is 0 Å². The Morgan fingerprint density at radius 1 is 1.21 bits per heavy atom. The van der Waals surface area contributed by atoms with Crippen molar-refractivity contribution in [3.63, 3.8) is 0 Å². The first-order valence-electron chi connectivity index (χ1n) is 5.77. The van der Waals surface area contributed by atoms with E-state index in [1.807, 2.05) is 6.92 Å².